The standard InChI is InChI=1S/C16H10ClFN4/c17-15-8-11(3-4-20-15)16-21-5-6-22(16)10-12-1-2-14(18)7-13(12)9-19/h1-8H,10H2. The van der Waals surface area contributed by atoms with Crippen molar-refractivity contribution in [2.24, 2.45) is 0 Å². The van der Waals surface area contributed by atoms with E-state index in [1.807, 2.05) is 10.6 Å². The maximum Gasteiger partial charge on any atom is 0.140 e. The van der Waals surface area contributed by atoms with Crippen LogP contribution in [0.2, 0.25) is 5.15 Å². The van der Waals surface area contributed by atoms with Gasteiger partial charge in [-0.2, -0.15) is 5.26 Å². The van der Waals surface area contributed by atoms with Crippen LogP contribution in [-0.2, 0) is 6.54 Å². The largest absolute Gasteiger partial charge is 0.327 e. The molecule has 0 aliphatic carbocycles. The second-order valence-corrected chi connectivity index (χ2v) is 5.05. The second kappa shape index (κ2) is 5.96. The molecule has 108 valence electrons. The van der Waals surface area contributed by atoms with Gasteiger partial charge in [0.1, 0.15) is 16.8 Å². The molecule has 1 aromatic carbocycles. The molecule has 0 aliphatic heterocycles. The molecule has 0 saturated carbocycles. The summed E-state index contributed by atoms with van der Waals surface area (Å²) in [6, 6.07) is 9.72. The maximum absolute atomic E-state index is 13.2. The monoisotopic (exact) mass is 312 g/mol. The number of nitriles is 1. The Bertz CT molecular complexity index is 867. The summed E-state index contributed by atoms with van der Waals surface area (Å²) in [6.07, 6.45) is 5.07. The van der Waals surface area contributed by atoms with Gasteiger partial charge in [0.2, 0.25) is 0 Å². The van der Waals surface area contributed by atoms with Crippen molar-refractivity contribution < 1.29 is 4.39 Å². The lowest BCUT2D eigenvalue weighted by Gasteiger charge is -2.09. The minimum atomic E-state index is -0.424. The van der Waals surface area contributed by atoms with E-state index in [2.05, 4.69) is 9.97 Å². The van der Waals surface area contributed by atoms with Gasteiger partial charge >= 0.3 is 0 Å². The number of halogens is 2. The quantitative estimate of drug-likeness (QED) is 0.694. The number of nitrogens with zero attached hydrogens (tertiary/aromatic N) is 4. The Labute approximate surface area is 131 Å². The smallest absolute Gasteiger partial charge is 0.140 e. The molecule has 0 unspecified atom stereocenters. The van der Waals surface area contributed by atoms with Gasteiger partial charge in [-0.15, -0.1) is 0 Å². The molecular weight excluding hydrogens is 303 g/mol. The average molecular weight is 313 g/mol. The zero-order chi connectivity index (χ0) is 15.5. The molecule has 0 aliphatic rings. The molecule has 0 saturated heterocycles. The van der Waals surface area contributed by atoms with Gasteiger partial charge in [0.15, 0.2) is 0 Å². The summed E-state index contributed by atoms with van der Waals surface area (Å²) >= 11 is 5.91. The summed E-state index contributed by atoms with van der Waals surface area (Å²) in [4.78, 5) is 8.26. The van der Waals surface area contributed by atoms with Gasteiger partial charge in [0, 0.05) is 24.2 Å². The van der Waals surface area contributed by atoms with Gasteiger partial charge in [0.05, 0.1) is 18.2 Å². The molecule has 0 radical (unpaired) electrons. The molecule has 0 bridgehead atoms. The fourth-order valence-corrected chi connectivity index (χ4v) is 2.39. The molecule has 2 aromatic heterocycles. The molecule has 0 spiro atoms. The highest BCUT2D eigenvalue weighted by Gasteiger charge is 2.10. The number of hydrogen-bond donors (Lipinski definition) is 0. The van der Waals surface area contributed by atoms with E-state index in [1.54, 1.807) is 36.8 Å². The molecule has 6 heteroatoms. The molecule has 4 nitrogen and oxygen atoms in total. The summed E-state index contributed by atoms with van der Waals surface area (Å²) < 4.78 is 15.1. The van der Waals surface area contributed by atoms with Crippen LogP contribution in [-0.4, -0.2) is 14.5 Å². The first kappa shape index (κ1) is 14.2. The van der Waals surface area contributed by atoms with Gasteiger partial charge in [0.25, 0.3) is 0 Å². The molecule has 0 atom stereocenters. The highest BCUT2D eigenvalue weighted by molar-refractivity contribution is 6.29. The zero-order valence-corrected chi connectivity index (χ0v) is 12.1. The van der Waals surface area contributed by atoms with Crippen LogP contribution in [0.5, 0.6) is 0 Å². The first-order chi connectivity index (χ1) is 10.7. The summed E-state index contributed by atoms with van der Waals surface area (Å²) in [5.74, 6) is 0.282. The first-order valence-electron chi connectivity index (χ1n) is 6.49. The second-order valence-electron chi connectivity index (χ2n) is 4.66. The van der Waals surface area contributed by atoms with E-state index in [0.717, 1.165) is 11.1 Å². The zero-order valence-electron chi connectivity index (χ0n) is 11.4. The minimum absolute atomic E-state index is 0.312. The fourth-order valence-electron chi connectivity index (χ4n) is 2.21. The van der Waals surface area contributed by atoms with Crippen LogP contribution in [0.15, 0.2) is 48.9 Å². The summed E-state index contributed by atoms with van der Waals surface area (Å²) in [7, 11) is 0. The summed E-state index contributed by atoms with van der Waals surface area (Å²) in [5, 5.41) is 9.51. The van der Waals surface area contributed by atoms with Gasteiger partial charge < -0.3 is 4.57 Å². The van der Waals surface area contributed by atoms with Crippen LogP contribution in [0.3, 0.4) is 0 Å². The van der Waals surface area contributed by atoms with Crippen molar-refractivity contribution in [1.82, 2.24) is 14.5 Å². The van der Waals surface area contributed by atoms with Crippen LogP contribution >= 0.6 is 11.6 Å². The average Bonchev–Trinajstić information content (AvgIpc) is 2.97. The predicted octanol–water partition coefficient (Wildman–Crippen LogP) is 3.66. The van der Waals surface area contributed by atoms with Crippen molar-refractivity contribution >= 4 is 11.6 Å². The Morgan fingerprint density at radius 3 is 2.82 bits per heavy atom. The number of pyridine rings is 1. The van der Waals surface area contributed by atoms with Crippen LogP contribution < -0.4 is 0 Å². The number of benzene rings is 1. The lowest BCUT2D eigenvalue weighted by atomic mass is 10.1. The highest BCUT2D eigenvalue weighted by Crippen LogP contribution is 2.21. The molecule has 22 heavy (non-hydrogen) atoms. The Kier molecular flexibility index (Phi) is 3.86. The van der Waals surface area contributed by atoms with Gasteiger partial charge in [-0.1, -0.05) is 17.7 Å². The van der Waals surface area contributed by atoms with Crippen molar-refractivity contribution in [3.8, 4) is 17.5 Å². The minimum Gasteiger partial charge on any atom is -0.327 e. The number of aromatic nitrogens is 3. The predicted molar refractivity (Wildman–Crippen MR) is 80.7 cm³/mol. The molecule has 0 fully saturated rings. The van der Waals surface area contributed by atoms with Crippen molar-refractivity contribution in [3.05, 3.63) is 71.0 Å². The number of rotatable bonds is 3. The third kappa shape index (κ3) is 2.83. The third-order valence-electron chi connectivity index (χ3n) is 3.23. The molecule has 2 heterocycles. The van der Waals surface area contributed by atoms with Crippen molar-refractivity contribution in [1.29, 1.82) is 5.26 Å². The Balaban J connectivity index is 1.99. The van der Waals surface area contributed by atoms with Gasteiger partial charge in [-0.25, -0.2) is 14.4 Å². The van der Waals surface area contributed by atoms with E-state index in [0.29, 0.717) is 23.1 Å². The Hall–Kier alpha value is -2.71. The first-order valence-corrected chi connectivity index (χ1v) is 6.87. The molecule has 0 amide bonds. The van der Waals surface area contributed by atoms with Crippen LogP contribution in [0.1, 0.15) is 11.1 Å². The fraction of sp³-hybridized carbons (Fsp3) is 0.0625. The van der Waals surface area contributed by atoms with Crippen molar-refractivity contribution in [2.45, 2.75) is 6.54 Å². The normalized spacial score (nSPS) is 10.4. The van der Waals surface area contributed by atoms with E-state index in [4.69, 9.17) is 16.9 Å². The molecular formula is C16H10ClFN4. The lowest BCUT2D eigenvalue weighted by molar-refractivity contribution is 0.625. The molecule has 3 aromatic rings. The van der Waals surface area contributed by atoms with E-state index in [9.17, 15) is 4.39 Å². The van der Waals surface area contributed by atoms with E-state index < -0.39 is 5.82 Å². The summed E-state index contributed by atoms with van der Waals surface area (Å²) in [5.41, 5.74) is 1.86. The van der Waals surface area contributed by atoms with Crippen molar-refractivity contribution in [2.75, 3.05) is 0 Å². The van der Waals surface area contributed by atoms with E-state index >= 15 is 0 Å². The van der Waals surface area contributed by atoms with Gasteiger partial charge in [-0.05, 0) is 29.8 Å². The topological polar surface area (TPSA) is 54.5 Å². The van der Waals surface area contributed by atoms with E-state index in [1.165, 1.54) is 12.1 Å². The SMILES string of the molecule is N#Cc1cc(F)ccc1Cn1ccnc1-c1ccnc(Cl)c1. The summed E-state index contributed by atoms with van der Waals surface area (Å²) in [6.45, 7) is 0.415. The Morgan fingerprint density at radius 1 is 1.18 bits per heavy atom. The van der Waals surface area contributed by atoms with Crippen LogP contribution in [0, 0.1) is 17.1 Å². The van der Waals surface area contributed by atoms with Gasteiger partial charge in [-0.3, -0.25) is 0 Å². The third-order valence-corrected chi connectivity index (χ3v) is 3.44. The molecule has 0 N–H and O–H groups in total. The van der Waals surface area contributed by atoms with Crippen LogP contribution in [0.4, 0.5) is 4.39 Å². The highest BCUT2D eigenvalue weighted by atomic mass is 35.5. The lowest BCUT2D eigenvalue weighted by Crippen LogP contribution is -2.03. The van der Waals surface area contributed by atoms with Crippen molar-refractivity contribution in [3.63, 3.8) is 0 Å². The maximum atomic E-state index is 13.2. The van der Waals surface area contributed by atoms with E-state index in [-0.39, 0.29) is 0 Å². The number of imidazole rings is 1. The molecule has 3 rings (SSSR count). The van der Waals surface area contributed by atoms with Crippen LogP contribution in [0.25, 0.3) is 11.4 Å². The Morgan fingerprint density at radius 2 is 2.05 bits per heavy atom. The number of hydrogen-bond acceptors (Lipinski definition) is 3.